The standard InChI is InChI=1S/C15H29N3O3.HI/c1-3-16-14(17-9-15(10-19)11-21-12-15)18(2)6-7-20-8-13-4-5-13;/h13,19H,3-12H2,1-2H3,(H,16,17);1H. The van der Waals surface area contributed by atoms with E-state index in [4.69, 9.17) is 9.47 Å². The van der Waals surface area contributed by atoms with Gasteiger partial charge in [-0.25, -0.2) is 0 Å². The van der Waals surface area contributed by atoms with E-state index in [1.807, 2.05) is 7.05 Å². The highest BCUT2D eigenvalue weighted by atomic mass is 127. The molecule has 2 aliphatic rings. The van der Waals surface area contributed by atoms with Gasteiger partial charge in [-0.05, 0) is 25.7 Å². The van der Waals surface area contributed by atoms with Crippen molar-refractivity contribution < 1.29 is 14.6 Å². The zero-order chi connectivity index (χ0) is 15.1. The highest BCUT2D eigenvalue weighted by Crippen LogP contribution is 2.28. The minimum absolute atomic E-state index is 0. The fourth-order valence-corrected chi connectivity index (χ4v) is 2.18. The third-order valence-corrected chi connectivity index (χ3v) is 4.03. The monoisotopic (exact) mass is 427 g/mol. The minimum Gasteiger partial charge on any atom is -0.396 e. The molecular weight excluding hydrogens is 397 g/mol. The Morgan fingerprint density at radius 2 is 2.18 bits per heavy atom. The van der Waals surface area contributed by atoms with E-state index in [-0.39, 0.29) is 36.0 Å². The van der Waals surface area contributed by atoms with Crippen molar-refractivity contribution in [2.24, 2.45) is 16.3 Å². The van der Waals surface area contributed by atoms with Crippen LogP contribution in [0.2, 0.25) is 0 Å². The molecule has 1 saturated heterocycles. The molecule has 0 aromatic carbocycles. The minimum atomic E-state index is -0.177. The molecule has 1 aliphatic heterocycles. The summed E-state index contributed by atoms with van der Waals surface area (Å²) in [4.78, 5) is 6.72. The lowest BCUT2D eigenvalue weighted by Crippen LogP contribution is -2.49. The van der Waals surface area contributed by atoms with Crippen molar-refractivity contribution in [1.82, 2.24) is 10.2 Å². The van der Waals surface area contributed by atoms with Crippen LogP contribution in [0.1, 0.15) is 19.8 Å². The molecule has 130 valence electrons. The molecule has 0 aromatic rings. The van der Waals surface area contributed by atoms with Crippen molar-refractivity contribution in [2.45, 2.75) is 19.8 Å². The van der Waals surface area contributed by atoms with Crippen molar-refractivity contribution in [3.05, 3.63) is 0 Å². The molecule has 0 atom stereocenters. The number of nitrogens with one attached hydrogen (secondary N) is 1. The van der Waals surface area contributed by atoms with Crippen LogP contribution in [0.4, 0.5) is 0 Å². The molecular formula is C15H30IN3O3. The Morgan fingerprint density at radius 1 is 1.45 bits per heavy atom. The highest BCUT2D eigenvalue weighted by molar-refractivity contribution is 14.0. The van der Waals surface area contributed by atoms with Gasteiger partial charge in [-0.15, -0.1) is 24.0 Å². The molecule has 2 rings (SSSR count). The second-order valence-corrected chi connectivity index (χ2v) is 6.26. The van der Waals surface area contributed by atoms with E-state index in [9.17, 15) is 5.11 Å². The second-order valence-electron chi connectivity index (χ2n) is 6.26. The number of nitrogens with zero attached hydrogens (tertiary/aromatic N) is 2. The number of aliphatic imine (C=N–C) groups is 1. The predicted molar refractivity (Wildman–Crippen MR) is 97.9 cm³/mol. The summed E-state index contributed by atoms with van der Waals surface area (Å²) in [6.45, 7) is 7.25. The molecule has 0 radical (unpaired) electrons. The third-order valence-electron chi connectivity index (χ3n) is 4.03. The van der Waals surface area contributed by atoms with E-state index in [0.29, 0.717) is 19.8 Å². The van der Waals surface area contributed by atoms with E-state index >= 15 is 0 Å². The van der Waals surface area contributed by atoms with Crippen molar-refractivity contribution in [3.8, 4) is 0 Å². The summed E-state index contributed by atoms with van der Waals surface area (Å²) in [5.41, 5.74) is -0.177. The lowest BCUT2D eigenvalue weighted by atomic mass is 9.87. The fourth-order valence-electron chi connectivity index (χ4n) is 2.18. The van der Waals surface area contributed by atoms with Gasteiger partial charge in [-0.2, -0.15) is 0 Å². The van der Waals surface area contributed by atoms with Crippen LogP contribution in [0.25, 0.3) is 0 Å². The van der Waals surface area contributed by atoms with Gasteiger partial charge in [0, 0.05) is 26.7 Å². The van der Waals surface area contributed by atoms with Gasteiger partial charge in [0.1, 0.15) is 0 Å². The van der Waals surface area contributed by atoms with Gasteiger partial charge in [0.05, 0.1) is 38.4 Å². The van der Waals surface area contributed by atoms with Crippen LogP contribution in [-0.4, -0.2) is 75.7 Å². The zero-order valence-electron chi connectivity index (χ0n) is 13.7. The van der Waals surface area contributed by atoms with Crippen LogP contribution in [-0.2, 0) is 9.47 Å². The molecule has 0 spiro atoms. The van der Waals surface area contributed by atoms with Crippen molar-refractivity contribution >= 4 is 29.9 Å². The Labute approximate surface area is 150 Å². The van der Waals surface area contributed by atoms with Gasteiger partial charge in [-0.1, -0.05) is 0 Å². The largest absolute Gasteiger partial charge is 0.396 e. The number of hydrogen-bond donors (Lipinski definition) is 2. The lowest BCUT2D eigenvalue weighted by Gasteiger charge is -2.38. The quantitative estimate of drug-likeness (QED) is 0.248. The van der Waals surface area contributed by atoms with Crippen molar-refractivity contribution in [3.63, 3.8) is 0 Å². The number of hydrogen-bond acceptors (Lipinski definition) is 4. The second kappa shape index (κ2) is 9.89. The van der Waals surface area contributed by atoms with E-state index < -0.39 is 0 Å². The van der Waals surface area contributed by atoms with Gasteiger partial charge < -0.3 is 24.8 Å². The van der Waals surface area contributed by atoms with Crippen LogP contribution in [0.15, 0.2) is 4.99 Å². The maximum Gasteiger partial charge on any atom is 0.193 e. The first-order valence-electron chi connectivity index (χ1n) is 7.95. The van der Waals surface area contributed by atoms with E-state index in [2.05, 4.69) is 22.1 Å². The summed E-state index contributed by atoms with van der Waals surface area (Å²) in [5, 5.41) is 12.7. The molecule has 22 heavy (non-hydrogen) atoms. The van der Waals surface area contributed by atoms with Crippen LogP contribution >= 0.6 is 24.0 Å². The van der Waals surface area contributed by atoms with Crippen molar-refractivity contribution in [2.75, 3.05) is 59.7 Å². The SMILES string of the molecule is CCNC(=NCC1(CO)COC1)N(C)CCOCC1CC1.I. The van der Waals surface area contributed by atoms with E-state index in [0.717, 1.165) is 38.2 Å². The number of guanidine groups is 1. The normalized spacial score (nSPS) is 20.0. The molecule has 0 unspecified atom stereocenters. The molecule has 0 amide bonds. The first-order valence-corrected chi connectivity index (χ1v) is 7.95. The molecule has 2 N–H and O–H groups in total. The average Bonchev–Trinajstić information content (AvgIpc) is 3.25. The number of ether oxygens (including phenoxy) is 2. The average molecular weight is 427 g/mol. The smallest absolute Gasteiger partial charge is 0.193 e. The first kappa shape index (κ1) is 19.9. The molecule has 7 heteroatoms. The summed E-state index contributed by atoms with van der Waals surface area (Å²) in [7, 11) is 2.02. The summed E-state index contributed by atoms with van der Waals surface area (Å²) in [6, 6.07) is 0. The Morgan fingerprint density at radius 3 is 2.68 bits per heavy atom. The Kier molecular flexibility index (Phi) is 8.96. The third kappa shape index (κ3) is 6.17. The first-order chi connectivity index (χ1) is 10.2. The summed E-state index contributed by atoms with van der Waals surface area (Å²) >= 11 is 0. The number of halogens is 1. The van der Waals surface area contributed by atoms with Crippen molar-refractivity contribution in [1.29, 1.82) is 0 Å². The van der Waals surface area contributed by atoms with E-state index in [1.54, 1.807) is 0 Å². The summed E-state index contributed by atoms with van der Waals surface area (Å²) < 4.78 is 10.9. The van der Waals surface area contributed by atoms with Gasteiger partial charge >= 0.3 is 0 Å². The summed E-state index contributed by atoms with van der Waals surface area (Å²) in [5.74, 6) is 1.67. The molecule has 6 nitrogen and oxygen atoms in total. The Bertz CT molecular complexity index is 341. The maximum absolute atomic E-state index is 9.45. The molecule has 2 fully saturated rings. The zero-order valence-corrected chi connectivity index (χ0v) is 16.0. The molecule has 1 saturated carbocycles. The number of rotatable bonds is 9. The molecule has 1 aliphatic carbocycles. The van der Waals surface area contributed by atoms with Gasteiger partial charge in [-0.3, -0.25) is 4.99 Å². The maximum atomic E-state index is 9.45. The van der Waals surface area contributed by atoms with Crippen LogP contribution in [0.3, 0.4) is 0 Å². The molecule has 1 heterocycles. The molecule has 0 aromatic heterocycles. The highest BCUT2D eigenvalue weighted by Gasteiger charge is 2.38. The van der Waals surface area contributed by atoms with Gasteiger partial charge in [0.15, 0.2) is 5.96 Å². The van der Waals surface area contributed by atoms with Crippen LogP contribution in [0.5, 0.6) is 0 Å². The Balaban J connectivity index is 0.00000242. The molecule has 0 bridgehead atoms. The van der Waals surface area contributed by atoms with Gasteiger partial charge in [0.25, 0.3) is 0 Å². The topological polar surface area (TPSA) is 66.3 Å². The Hall–Kier alpha value is -0.120. The van der Waals surface area contributed by atoms with Crippen LogP contribution in [0, 0.1) is 11.3 Å². The van der Waals surface area contributed by atoms with Crippen LogP contribution < -0.4 is 5.32 Å². The number of aliphatic hydroxyl groups is 1. The lowest BCUT2D eigenvalue weighted by molar-refractivity contribution is -0.130. The van der Waals surface area contributed by atoms with Gasteiger partial charge in [0.2, 0.25) is 0 Å². The summed E-state index contributed by atoms with van der Waals surface area (Å²) in [6.07, 6.45) is 2.65. The fraction of sp³-hybridized carbons (Fsp3) is 0.933. The number of aliphatic hydroxyl groups excluding tert-OH is 1. The number of likely N-dealkylation sites (N-methyl/N-ethyl adjacent to an activating group) is 1. The van der Waals surface area contributed by atoms with E-state index in [1.165, 1.54) is 12.8 Å². The predicted octanol–water partition coefficient (Wildman–Crippen LogP) is 0.937.